The summed E-state index contributed by atoms with van der Waals surface area (Å²) in [6.45, 7) is 8.97. The zero-order valence-corrected chi connectivity index (χ0v) is 20.6. The average molecular weight is 547 g/mol. The molecule has 0 bridgehead atoms. The van der Waals surface area contributed by atoms with Crippen LogP contribution in [-0.4, -0.2) is 0 Å². The third-order valence-electron chi connectivity index (χ3n) is 5.20. The van der Waals surface area contributed by atoms with Crippen LogP contribution in [0.2, 0.25) is 0 Å². The van der Waals surface area contributed by atoms with Crippen LogP contribution >= 0.6 is 0 Å². The van der Waals surface area contributed by atoms with Gasteiger partial charge in [-0.1, -0.05) is 0 Å². The van der Waals surface area contributed by atoms with E-state index in [4.69, 9.17) is 0 Å². The molecule has 0 N–H and O–H groups in total. The molecule has 26 heavy (non-hydrogen) atoms. The summed E-state index contributed by atoms with van der Waals surface area (Å²) in [5.41, 5.74) is 11.5. The van der Waals surface area contributed by atoms with E-state index < -0.39 is 0 Å². The minimum Gasteiger partial charge on any atom is -1.00 e. The first kappa shape index (κ1) is 21.4. The molecule has 2 aromatic rings. The summed E-state index contributed by atoms with van der Waals surface area (Å²) in [4.78, 5) is 0. The summed E-state index contributed by atoms with van der Waals surface area (Å²) >= 11 is 1.08. The Hall–Kier alpha value is -0.890. The van der Waals surface area contributed by atoms with Crippen LogP contribution < -0.4 is 35.3 Å². The van der Waals surface area contributed by atoms with Gasteiger partial charge in [-0.2, -0.15) is 0 Å². The Bertz CT molecular complexity index is 1070. The van der Waals surface area contributed by atoms with Crippen molar-refractivity contribution < 1.29 is 49.2 Å². The second-order valence-corrected chi connectivity index (χ2v) is 8.89. The van der Waals surface area contributed by atoms with Gasteiger partial charge in [-0.15, -0.1) is 0 Å². The number of hydrogen-bond acceptors (Lipinski definition) is 0. The van der Waals surface area contributed by atoms with Crippen molar-refractivity contribution >= 4 is 14.5 Å². The SMILES string of the molecule is CC(C)=c1cc2c(c(C3=CC=CC3)c1C)=[C]([Hf+2])c1cc(C)ccc1-2.[Cl-].[Cl-]. The molecule has 2 aromatic carbocycles. The Morgan fingerprint density at radius 2 is 1.69 bits per heavy atom. The first-order chi connectivity index (χ1) is 11.5. The molecule has 3 heteroatoms. The Morgan fingerprint density at radius 3 is 2.31 bits per heavy atom. The molecule has 0 aliphatic heterocycles. The molecule has 0 saturated heterocycles. The van der Waals surface area contributed by atoms with E-state index in [1.165, 1.54) is 55.0 Å². The van der Waals surface area contributed by atoms with Gasteiger partial charge in [0.15, 0.2) is 0 Å². The van der Waals surface area contributed by atoms with E-state index in [1.807, 2.05) is 0 Å². The largest absolute Gasteiger partial charge is 1.00 e. The molecule has 0 saturated carbocycles. The van der Waals surface area contributed by atoms with Gasteiger partial charge in [0.2, 0.25) is 0 Å². The Balaban J connectivity index is 0.00000121. The van der Waals surface area contributed by atoms with Gasteiger partial charge in [0.25, 0.3) is 0 Å². The topological polar surface area (TPSA) is 0 Å². The standard InChI is InChI=1S/C23H21.2ClH.Hf/c1-14(2)20-13-21-19-10-9-15(3)11-18(19)12-22(21)23(16(20)4)17-7-5-6-8-17;;;/h5-7,9-11,13H,8H2,1-4H3;2*1H;/q;;;+2/p-2. The van der Waals surface area contributed by atoms with E-state index >= 15 is 0 Å². The molecule has 4 rings (SSSR count). The third-order valence-corrected chi connectivity index (χ3v) is 7.07. The Labute approximate surface area is 183 Å². The second-order valence-electron chi connectivity index (χ2n) is 7.09. The van der Waals surface area contributed by atoms with Crippen LogP contribution in [0.5, 0.6) is 0 Å². The fourth-order valence-corrected chi connectivity index (χ4v) is 5.72. The van der Waals surface area contributed by atoms with Crippen LogP contribution in [0.1, 0.15) is 42.5 Å². The maximum atomic E-state index is 2.44. The molecular weight excluding hydrogens is 526 g/mol. The minimum absolute atomic E-state index is 0. The summed E-state index contributed by atoms with van der Waals surface area (Å²) in [5.74, 6) is 0. The summed E-state index contributed by atoms with van der Waals surface area (Å²) in [5, 5.41) is 2.93. The molecule has 0 unspecified atom stereocenters. The molecule has 0 nitrogen and oxygen atoms in total. The van der Waals surface area contributed by atoms with Crippen LogP contribution in [0.15, 0.2) is 42.5 Å². The van der Waals surface area contributed by atoms with Crippen molar-refractivity contribution in [2.24, 2.45) is 0 Å². The molecule has 2 aliphatic carbocycles. The summed E-state index contributed by atoms with van der Waals surface area (Å²) in [7, 11) is 0. The number of allylic oxidation sites excluding steroid dienone is 4. The maximum Gasteiger partial charge on any atom is -1.00 e. The predicted octanol–water partition coefficient (Wildman–Crippen LogP) is -1.47. The summed E-state index contributed by atoms with van der Waals surface area (Å²) < 4.78 is 1.56. The fraction of sp³-hybridized carbons (Fsp3) is 0.217. The minimum atomic E-state index is 0. The molecule has 0 atom stereocenters. The van der Waals surface area contributed by atoms with Gasteiger partial charge in [0.05, 0.1) is 0 Å². The van der Waals surface area contributed by atoms with E-state index in [2.05, 4.69) is 70.2 Å². The number of rotatable bonds is 1. The molecule has 0 radical (unpaired) electrons. The number of fused-ring (bicyclic) bond motifs is 3. The number of hydrogen-bond donors (Lipinski definition) is 0. The number of halogens is 2. The molecule has 0 fully saturated rings. The van der Waals surface area contributed by atoms with Crippen LogP contribution in [0, 0.1) is 13.8 Å². The normalized spacial score (nSPS) is 13.6. The van der Waals surface area contributed by atoms with E-state index in [0.29, 0.717) is 0 Å². The summed E-state index contributed by atoms with van der Waals surface area (Å²) in [6.07, 6.45) is 7.84. The summed E-state index contributed by atoms with van der Waals surface area (Å²) in [6, 6.07) is 9.39. The van der Waals surface area contributed by atoms with Crippen molar-refractivity contribution in [2.45, 2.75) is 34.1 Å². The van der Waals surface area contributed by atoms with Crippen LogP contribution in [-0.2, 0) is 24.4 Å². The monoisotopic (exact) mass is 547 g/mol. The Morgan fingerprint density at radius 1 is 0.962 bits per heavy atom. The molecule has 131 valence electrons. The van der Waals surface area contributed by atoms with Crippen LogP contribution in [0.25, 0.3) is 25.6 Å². The van der Waals surface area contributed by atoms with Crippen LogP contribution in [0.4, 0.5) is 0 Å². The van der Waals surface area contributed by atoms with Crippen molar-refractivity contribution in [3.63, 3.8) is 0 Å². The molecule has 2 aliphatic rings. The van der Waals surface area contributed by atoms with Gasteiger partial charge < -0.3 is 24.8 Å². The van der Waals surface area contributed by atoms with Crippen LogP contribution in [0.3, 0.4) is 0 Å². The fourth-order valence-electron chi connectivity index (χ4n) is 4.04. The van der Waals surface area contributed by atoms with Gasteiger partial charge in [0, 0.05) is 0 Å². The smallest absolute Gasteiger partial charge is 1.00 e. The molecule has 0 aromatic heterocycles. The zero-order valence-electron chi connectivity index (χ0n) is 15.5. The van der Waals surface area contributed by atoms with E-state index in [0.717, 1.165) is 30.8 Å². The average Bonchev–Trinajstić information content (AvgIpc) is 3.15. The molecule has 0 spiro atoms. The van der Waals surface area contributed by atoms with E-state index in [-0.39, 0.29) is 24.8 Å². The van der Waals surface area contributed by atoms with E-state index in [1.54, 1.807) is 3.33 Å². The first-order valence-corrected chi connectivity index (χ1v) is 10.3. The third kappa shape index (κ3) is 3.23. The molecular formula is C23H21Cl2Hf. The quantitative estimate of drug-likeness (QED) is 0.384. The Kier molecular flexibility index (Phi) is 6.59. The van der Waals surface area contributed by atoms with Crippen molar-refractivity contribution in [1.82, 2.24) is 0 Å². The predicted molar refractivity (Wildman–Crippen MR) is 99.6 cm³/mol. The van der Waals surface area contributed by atoms with Crippen molar-refractivity contribution in [3.05, 3.63) is 75.2 Å². The van der Waals surface area contributed by atoms with Gasteiger partial charge in [-0.25, -0.2) is 0 Å². The maximum absolute atomic E-state index is 2.44. The molecule has 0 amide bonds. The number of benzene rings is 2. The number of aryl methyl sites for hydroxylation is 1. The first-order valence-electron chi connectivity index (χ1n) is 8.53. The van der Waals surface area contributed by atoms with Gasteiger partial charge >= 0.3 is 159 Å². The van der Waals surface area contributed by atoms with Crippen molar-refractivity contribution in [2.75, 3.05) is 0 Å². The molecule has 0 heterocycles. The van der Waals surface area contributed by atoms with Crippen molar-refractivity contribution in [1.29, 1.82) is 0 Å². The second kappa shape index (κ2) is 8.00. The van der Waals surface area contributed by atoms with Gasteiger partial charge in [-0.05, 0) is 0 Å². The van der Waals surface area contributed by atoms with Gasteiger partial charge in [-0.3, -0.25) is 0 Å². The van der Waals surface area contributed by atoms with E-state index in [9.17, 15) is 0 Å². The van der Waals surface area contributed by atoms with Gasteiger partial charge in [0.1, 0.15) is 0 Å². The van der Waals surface area contributed by atoms with Crippen molar-refractivity contribution in [3.8, 4) is 11.1 Å². The zero-order chi connectivity index (χ0) is 17.0.